The molecule has 5 atom stereocenters. The molecule has 3 amide bonds. The molecule has 1 aromatic rings. The molecule has 2 saturated heterocycles. The van der Waals surface area contributed by atoms with Crippen LogP contribution in [0, 0.1) is 5.92 Å². The van der Waals surface area contributed by atoms with Gasteiger partial charge < -0.3 is 20.0 Å². The molecule has 1 aromatic carbocycles. The fourth-order valence-corrected chi connectivity index (χ4v) is 8.43. The second-order valence-corrected chi connectivity index (χ2v) is 11.6. The summed E-state index contributed by atoms with van der Waals surface area (Å²) in [5, 5.41) is 3.24. The molecule has 1 N–H and O–H groups in total. The van der Waals surface area contributed by atoms with E-state index in [-0.39, 0.29) is 30.4 Å². The second kappa shape index (κ2) is 7.46. The number of fused-ring (bicyclic) bond motifs is 2. The van der Waals surface area contributed by atoms with Crippen LogP contribution in [0.4, 0.5) is 4.79 Å². The van der Waals surface area contributed by atoms with Crippen LogP contribution in [0.3, 0.4) is 0 Å². The van der Waals surface area contributed by atoms with Gasteiger partial charge in [-0.15, -0.1) is 0 Å². The molecule has 0 aromatic heterocycles. The van der Waals surface area contributed by atoms with E-state index in [1.807, 2.05) is 0 Å². The van der Waals surface area contributed by atoms with Crippen molar-refractivity contribution in [2.45, 2.75) is 87.4 Å². The number of urea groups is 1. The zero-order valence-corrected chi connectivity index (χ0v) is 20.3. The third-order valence-corrected chi connectivity index (χ3v) is 10.0. The third-order valence-electron chi connectivity index (χ3n) is 10.0. The molecule has 6 nitrogen and oxygen atoms in total. The normalized spacial score (nSPS) is 36.2. The predicted octanol–water partition coefficient (Wildman–Crippen LogP) is 3.91. The third kappa shape index (κ3) is 3.09. The minimum atomic E-state index is -0.00952. The van der Waals surface area contributed by atoms with Crippen LogP contribution in [0.5, 0.6) is 0 Å². The molecule has 33 heavy (non-hydrogen) atoms. The summed E-state index contributed by atoms with van der Waals surface area (Å²) in [6.45, 7) is 4.07. The van der Waals surface area contributed by atoms with E-state index in [2.05, 4.69) is 39.4 Å². The number of nitrogens with zero attached hydrogens (tertiary/aromatic N) is 3. The van der Waals surface area contributed by atoms with Gasteiger partial charge in [0.1, 0.15) is 0 Å². The van der Waals surface area contributed by atoms with Gasteiger partial charge in [0.2, 0.25) is 5.91 Å². The predicted molar refractivity (Wildman–Crippen MR) is 130 cm³/mol. The Morgan fingerprint density at radius 3 is 2.55 bits per heavy atom. The van der Waals surface area contributed by atoms with Crippen molar-refractivity contribution in [2.24, 2.45) is 5.92 Å². The number of benzene rings is 1. The highest BCUT2D eigenvalue weighted by molar-refractivity contribution is 5.79. The summed E-state index contributed by atoms with van der Waals surface area (Å²) in [6, 6.07) is 10.1. The smallest absolute Gasteiger partial charge is 0.317 e. The SMILES string of the molecule is CC(=O)N1C2CCC3CC(N4CCC5(CC[C@@H](NC(=O)N(C)C)c6ccccc65)CC4)CC321.[HH]. The first kappa shape index (κ1) is 21.5. The first-order chi connectivity index (χ1) is 15.9. The molecule has 2 saturated carbocycles. The van der Waals surface area contributed by atoms with Crippen molar-refractivity contribution in [3.8, 4) is 0 Å². The van der Waals surface area contributed by atoms with E-state index >= 15 is 0 Å². The molecular formula is C27H40N4O2. The molecule has 6 heteroatoms. The van der Waals surface area contributed by atoms with Gasteiger partial charge in [0.25, 0.3) is 0 Å². The quantitative estimate of drug-likeness (QED) is 0.692. The van der Waals surface area contributed by atoms with Crippen LogP contribution in [0.2, 0.25) is 0 Å². The fraction of sp³-hybridized carbons (Fsp3) is 0.704. The summed E-state index contributed by atoms with van der Waals surface area (Å²) < 4.78 is 0. The molecule has 4 fully saturated rings. The molecule has 6 rings (SSSR count). The maximum Gasteiger partial charge on any atom is 0.317 e. The lowest BCUT2D eigenvalue weighted by Crippen LogP contribution is -2.49. The van der Waals surface area contributed by atoms with Crippen LogP contribution >= 0.6 is 0 Å². The Kier molecular flexibility index (Phi) is 4.85. The summed E-state index contributed by atoms with van der Waals surface area (Å²) in [7, 11) is 3.61. The molecule has 180 valence electrons. The number of piperidine rings is 2. The average molecular weight is 453 g/mol. The minimum absolute atomic E-state index is 0. The lowest BCUT2D eigenvalue weighted by molar-refractivity contribution is -0.125. The van der Waals surface area contributed by atoms with E-state index in [1.54, 1.807) is 25.9 Å². The molecule has 2 heterocycles. The number of carbonyl (C=O) groups is 2. The lowest BCUT2D eigenvalue weighted by Gasteiger charge is -2.48. The molecule has 0 radical (unpaired) electrons. The Bertz CT molecular complexity index is 975. The zero-order chi connectivity index (χ0) is 23.0. The zero-order valence-electron chi connectivity index (χ0n) is 20.3. The summed E-state index contributed by atoms with van der Waals surface area (Å²) in [5.41, 5.74) is 3.25. The van der Waals surface area contributed by atoms with E-state index in [4.69, 9.17) is 0 Å². The van der Waals surface area contributed by atoms with Gasteiger partial charge in [-0.2, -0.15) is 0 Å². The summed E-state index contributed by atoms with van der Waals surface area (Å²) >= 11 is 0. The van der Waals surface area contributed by atoms with Crippen LogP contribution in [-0.2, 0) is 10.2 Å². The van der Waals surface area contributed by atoms with Crippen LogP contribution in [0.15, 0.2) is 24.3 Å². The minimum Gasteiger partial charge on any atom is -0.331 e. The van der Waals surface area contributed by atoms with Crippen molar-refractivity contribution in [2.75, 3.05) is 27.2 Å². The van der Waals surface area contributed by atoms with E-state index in [1.165, 1.54) is 49.7 Å². The van der Waals surface area contributed by atoms with Gasteiger partial charge >= 0.3 is 6.03 Å². The largest absolute Gasteiger partial charge is 0.331 e. The highest BCUT2D eigenvalue weighted by Crippen LogP contribution is 2.65. The van der Waals surface area contributed by atoms with E-state index in [9.17, 15) is 9.59 Å². The molecule has 4 unspecified atom stereocenters. The molecule has 2 spiro atoms. The highest BCUT2D eigenvalue weighted by atomic mass is 16.2. The number of likely N-dealkylation sites (tertiary alicyclic amines) is 2. The fourth-order valence-electron chi connectivity index (χ4n) is 8.43. The summed E-state index contributed by atoms with van der Waals surface area (Å²) in [5.74, 6) is 1.02. The number of hydrogen-bond acceptors (Lipinski definition) is 3. The molecule has 0 bridgehead atoms. The maximum absolute atomic E-state index is 12.3. The van der Waals surface area contributed by atoms with Crippen molar-refractivity contribution >= 4 is 11.9 Å². The van der Waals surface area contributed by atoms with E-state index in [0.717, 1.165) is 31.8 Å². The Balaban J connectivity index is 0.00000241. The van der Waals surface area contributed by atoms with E-state index < -0.39 is 0 Å². The number of nitrogens with one attached hydrogen (secondary N) is 1. The summed E-state index contributed by atoms with van der Waals surface area (Å²) in [4.78, 5) is 31.1. The summed E-state index contributed by atoms with van der Waals surface area (Å²) in [6.07, 6.45) is 9.58. The van der Waals surface area contributed by atoms with Gasteiger partial charge in [0.05, 0.1) is 17.6 Å². The van der Waals surface area contributed by atoms with E-state index in [0.29, 0.717) is 12.1 Å². The van der Waals surface area contributed by atoms with Crippen LogP contribution < -0.4 is 5.32 Å². The number of hydrogen-bond donors (Lipinski definition) is 1. The topological polar surface area (TPSA) is 55.7 Å². The van der Waals surface area contributed by atoms with Gasteiger partial charge in [-0.1, -0.05) is 24.3 Å². The number of rotatable bonds is 2. The van der Waals surface area contributed by atoms with Crippen molar-refractivity contribution in [1.29, 1.82) is 0 Å². The van der Waals surface area contributed by atoms with Crippen molar-refractivity contribution in [1.82, 2.24) is 20.0 Å². The molecule has 3 aliphatic carbocycles. The van der Waals surface area contributed by atoms with Gasteiger partial charge in [-0.25, -0.2) is 4.79 Å². The van der Waals surface area contributed by atoms with Gasteiger partial charge in [-0.3, -0.25) is 4.79 Å². The molecular weight excluding hydrogens is 412 g/mol. The lowest BCUT2D eigenvalue weighted by atomic mass is 9.63. The number of amides is 3. The number of carbonyl (C=O) groups excluding carboxylic acids is 2. The Morgan fingerprint density at radius 1 is 1.09 bits per heavy atom. The van der Waals surface area contributed by atoms with Crippen LogP contribution in [-0.4, -0.2) is 71.4 Å². The highest BCUT2D eigenvalue weighted by Gasteiger charge is 2.74. The van der Waals surface area contributed by atoms with Crippen molar-refractivity contribution < 1.29 is 11.0 Å². The first-order valence-corrected chi connectivity index (χ1v) is 13.0. The van der Waals surface area contributed by atoms with Gasteiger partial charge in [0.15, 0.2) is 0 Å². The second-order valence-electron chi connectivity index (χ2n) is 11.6. The Labute approximate surface area is 199 Å². The molecule has 2 aliphatic heterocycles. The monoisotopic (exact) mass is 452 g/mol. The van der Waals surface area contributed by atoms with Crippen LogP contribution in [0.25, 0.3) is 0 Å². The molecule has 5 aliphatic rings. The van der Waals surface area contributed by atoms with Crippen molar-refractivity contribution in [3.05, 3.63) is 35.4 Å². The maximum atomic E-state index is 12.3. The van der Waals surface area contributed by atoms with Crippen molar-refractivity contribution in [3.63, 3.8) is 0 Å². The average Bonchev–Trinajstić information content (AvgIpc) is 3.08. The van der Waals surface area contributed by atoms with Gasteiger partial charge in [-0.05, 0) is 86.9 Å². The first-order valence-electron chi connectivity index (χ1n) is 13.0. The Hall–Kier alpha value is -2.08. The van der Waals surface area contributed by atoms with Gasteiger partial charge in [0, 0.05) is 28.5 Å². The Morgan fingerprint density at radius 2 is 1.85 bits per heavy atom. The standard InChI is InChI=1S/C27H38N4O2.H2/c1-18(32)31-24-9-8-19-16-20(17-27(19,24)31)30-14-12-26(13-15-30)11-10-23(28-25(33)29(2)3)21-6-4-5-7-22(21)26;/h4-7,19-20,23-24H,8-17H2,1-3H3,(H,28,33);1H/t19?,20?,23-,24?,27?,31?;/m1./s1. The van der Waals surface area contributed by atoms with Crippen LogP contribution in [0.1, 0.15) is 76.9 Å².